The molecule has 0 radical (unpaired) electrons. The smallest absolute Gasteiger partial charge is 0.102 e. The van der Waals surface area contributed by atoms with Crippen LogP contribution in [0.3, 0.4) is 0 Å². The number of hydrogen-bond donors (Lipinski definition) is 0. The highest BCUT2D eigenvalue weighted by Gasteiger charge is 2.23. The second-order valence-electron chi connectivity index (χ2n) is 4.63. The van der Waals surface area contributed by atoms with Crippen LogP contribution in [0.25, 0.3) is 0 Å². The standard InChI is InChI=1S/C12H15BrN2Si/c1-16(2,10-15-8-7-14-9-15)12-5-3-11(13)4-6-12/h3-9H,10H2,1-2H3. The molecule has 84 valence electrons. The second kappa shape index (κ2) is 4.55. The van der Waals surface area contributed by atoms with E-state index in [9.17, 15) is 0 Å². The third-order valence-corrected chi connectivity index (χ3v) is 6.34. The van der Waals surface area contributed by atoms with Crippen LogP contribution in [0.2, 0.25) is 13.1 Å². The highest BCUT2D eigenvalue weighted by molar-refractivity contribution is 9.10. The van der Waals surface area contributed by atoms with E-state index < -0.39 is 8.07 Å². The number of halogens is 1. The first-order chi connectivity index (χ1) is 7.58. The van der Waals surface area contributed by atoms with E-state index in [0.717, 1.165) is 10.6 Å². The molecule has 0 N–H and O–H groups in total. The van der Waals surface area contributed by atoms with Gasteiger partial charge in [0.1, 0.15) is 8.07 Å². The molecule has 1 aromatic heterocycles. The Bertz CT molecular complexity index is 448. The summed E-state index contributed by atoms with van der Waals surface area (Å²) < 4.78 is 3.32. The van der Waals surface area contributed by atoms with Crippen LogP contribution < -0.4 is 5.19 Å². The van der Waals surface area contributed by atoms with E-state index in [4.69, 9.17) is 0 Å². The summed E-state index contributed by atoms with van der Waals surface area (Å²) in [5.74, 6) is 0. The van der Waals surface area contributed by atoms with Gasteiger partial charge >= 0.3 is 0 Å². The molecule has 0 saturated carbocycles. The SMILES string of the molecule is C[Si](C)(Cn1ccnc1)c1ccc(Br)cc1. The Morgan fingerprint density at radius 2 is 1.94 bits per heavy atom. The van der Waals surface area contributed by atoms with Gasteiger partial charge in [-0.25, -0.2) is 4.98 Å². The molecule has 4 heteroatoms. The van der Waals surface area contributed by atoms with Gasteiger partial charge < -0.3 is 4.57 Å². The van der Waals surface area contributed by atoms with Gasteiger partial charge in [-0.3, -0.25) is 0 Å². The summed E-state index contributed by atoms with van der Waals surface area (Å²) >= 11 is 3.47. The number of hydrogen-bond acceptors (Lipinski definition) is 1. The summed E-state index contributed by atoms with van der Waals surface area (Å²) in [5, 5.41) is 1.48. The van der Waals surface area contributed by atoms with Crippen molar-refractivity contribution in [3.8, 4) is 0 Å². The number of benzene rings is 1. The van der Waals surface area contributed by atoms with Crippen LogP contribution in [0.1, 0.15) is 0 Å². The average Bonchev–Trinajstić information content (AvgIpc) is 2.70. The third-order valence-electron chi connectivity index (χ3n) is 2.76. The normalized spacial score (nSPS) is 11.7. The van der Waals surface area contributed by atoms with Crippen LogP contribution in [0, 0.1) is 0 Å². The summed E-state index contributed by atoms with van der Waals surface area (Å²) in [5.41, 5.74) is 0. The van der Waals surface area contributed by atoms with Crippen molar-refractivity contribution in [2.45, 2.75) is 19.3 Å². The Morgan fingerprint density at radius 1 is 1.25 bits per heavy atom. The first-order valence-electron chi connectivity index (χ1n) is 5.30. The van der Waals surface area contributed by atoms with Crippen molar-refractivity contribution < 1.29 is 0 Å². The van der Waals surface area contributed by atoms with E-state index in [1.165, 1.54) is 5.19 Å². The van der Waals surface area contributed by atoms with Crippen molar-refractivity contribution in [3.63, 3.8) is 0 Å². The lowest BCUT2D eigenvalue weighted by molar-refractivity contribution is 0.855. The van der Waals surface area contributed by atoms with Crippen molar-refractivity contribution in [3.05, 3.63) is 47.5 Å². The van der Waals surface area contributed by atoms with Crippen molar-refractivity contribution in [2.24, 2.45) is 0 Å². The first-order valence-corrected chi connectivity index (χ1v) is 9.30. The van der Waals surface area contributed by atoms with Gasteiger partial charge in [-0.15, -0.1) is 0 Å². The van der Waals surface area contributed by atoms with Crippen molar-refractivity contribution >= 4 is 29.2 Å². The molecule has 2 rings (SSSR count). The molecule has 0 atom stereocenters. The Labute approximate surface area is 105 Å². The van der Waals surface area contributed by atoms with Crippen LogP contribution in [-0.2, 0) is 6.17 Å². The van der Waals surface area contributed by atoms with Crippen LogP contribution in [-0.4, -0.2) is 17.6 Å². The van der Waals surface area contributed by atoms with E-state index in [1.54, 1.807) is 0 Å². The molecule has 0 bridgehead atoms. The van der Waals surface area contributed by atoms with E-state index in [1.807, 2.05) is 18.7 Å². The van der Waals surface area contributed by atoms with Crippen LogP contribution in [0.15, 0.2) is 47.5 Å². The molecule has 0 saturated heterocycles. The maximum absolute atomic E-state index is 4.09. The Kier molecular flexibility index (Phi) is 3.30. The summed E-state index contributed by atoms with van der Waals surface area (Å²) in [6, 6.07) is 8.70. The number of aromatic nitrogens is 2. The van der Waals surface area contributed by atoms with Crippen LogP contribution in [0.4, 0.5) is 0 Å². The van der Waals surface area contributed by atoms with Gasteiger partial charge in [0.15, 0.2) is 0 Å². The molecule has 16 heavy (non-hydrogen) atoms. The molecule has 2 aromatic rings. The molecule has 2 nitrogen and oxygen atoms in total. The fourth-order valence-corrected chi connectivity index (χ4v) is 4.44. The summed E-state index contributed by atoms with van der Waals surface area (Å²) in [7, 11) is -1.40. The first kappa shape index (κ1) is 11.6. The van der Waals surface area contributed by atoms with Gasteiger partial charge in [0.2, 0.25) is 0 Å². The van der Waals surface area contributed by atoms with Gasteiger partial charge in [-0.05, 0) is 12.1 Å². The number of nitrogens with zero attached hydrogens (tertiary/aromatic N) is 2. The van der Waals surface area contributed by atoms with Gasteiger partial charge in [0.25, 0.3) is 0 Å². The van der Waals surface area contributed by atoms with E-state index in [-0.39, 0.29) is 0 Å². The molecular weight excluding hydrogens is 280 g/mol. The Hall–Kier alpha value is -0.873. The van der Waals surface area contributed by atoms with Crippen LogP contribution >= 0.6 is 15.9 Å². The molecule has 0 fully saturated rings. The van der Waals surface area contributed by atoms with Crippen LogP contribution in [0.5, 0.6) is 0 Å². The number of imidazole rings is 1. The fraction of sp³-hybridized carbons (Fsp3) is 0.250. The highest BCUT2D eigenvalue weighted by atomic mass is 79.9. The predicted octanol–water partition coefficient (Wildman–Crippen LogP) is 2.80. The lowest BCUT2D eigenvalue weighted by Gasteiger charge is -2.23. The second-order valence-corrected chi connectivity index (χ2v) is 10.2. The van der Waals surface area contributed by atoms with Gasteiger partial charge in [0, 0.05) is 23.0 Å². The van der Waals surface area contributed by atoms with Crippen molar-refractivity contribution in [2.75, 3.05) is 0 Å². The fourth-order valence-electron chi connectivity index (χ4n) is 1.83. The summed E-state index contributed by atoms with van der Waals surface area (Å²) in [6.45, 7) is 4.77. The molecule has 1 heterocycles. The lowest BCUT2D eigenvalue weighted by Crippen LogP contribution is -2.45. The number of rotatable bonds is 3. The molecule has 0 unspecified atom stereocenters. The monoisotopic (exact) mass is 294 g/mol. The molecule has 0 aliphatic heterocycles. The molecule has 0 aliphatic carbocycles. The zero-order chi connectivity index (χ0) is 11.6. The van der Waals surface area contributed by atoms with Crippen molar-refractivity contribution in [1.82, 2.24) is 9.55 Å². The molecule has 0 amide bonds. The molecular formula is C12H15BrN2Si. The van der Waals surface area contributed by atoms with Gasteiger partial charge in [0.05, 0.1) is 6.33 Å². The maximum atomic E-state index is 4.09. The zero-order valence-electron chi connectivity index (χ0n) is 9.52. The quantitative estimate of drug-likeness (QED) is 0.796. The van der Waals surface area contributed by atoms with Crippen molar-refractivity contribution in [1.29, 1.82) is 0 Å². The van der Waals surface area contributed by atoms with E-state index in [0.29, 0.717) is 0 Å². The van der Waals surface area contributed by atoms with E-state index in [2.05, 4.69) is 62.8 Å². The zero-order valence-corrected chi connectivity index (χ0v) is 12.1. The van der Waals surface area contributed by atoms with Gasteiger partial charge in [-0.2, -0.15) is 0 Å². The maximum Gasteiger partial charge on any atom is 0.102 e. The summed E-state index contributed by atoms with van der Waals surface area (Å²) in [4.78, 5) is 4.09. The third kappa shape index (κ3) is 2.62. The predicted molar refractivity (Wildman–Crippen MR) is 73.5 cm³/mol. The van der Waals surface area contributed by atoms with E-state index >= 15 is 0 Å². The summed E-state index contributed by atoms with van der Waals surface area (Å²) in [6.07, 6.45) is 6.85. The Morgan fingerprint density at radius 3 is 2.50 bits per heavy atom. The lowest BCUT2D eigenvalue weighted by atomic mass is 10.4. The minimum Gasteiger partial charge on any atom is -0.340 e. The average molecular weight is 295 g/mol. The molecule has 0 spiro atoms. The minimum atomic E-state index is -1.40. The topological polar surface area (TPSA) is 17.8 Å². The molecule has 0 aliphatic rings. The largest absolute Gasteiger partial charge is 0.340 e. The Balaban J connectivity index is 2.21. The highest BCUT2D eigenvalue weighted by Crippen LogP contribution is 2.11. The van der Waals surface area contributed by atoms with Gasteiger partial charge in [-0.1, -0.05) is 46.3 Å². The molecule has 1 aromatic carbocycles. The minimum absolute atomic E-state index is 1.08.